The van der Waals surface area contributed by atoms with Crippen LogP contribution in [-0.2, 0) is 6.42 Å². The lowest BCUT2D eigenvalue weighted by Gasteiger charge is -2.36. The molecule has 0 aromatic heterocycles. The van der Waals surface area contributed by atoms with Crippen LogP contribution in [0, 0.1) is 0 Å². The van der Waals surface area contributed by atoms with Crippen molar-refractivity contribution in [1.29, 1.82) is 0 Å². The predicted octanol–water partition coefficient (Wildman–Crippen LogP) is 3.49. The fourth-order valence-corrected chi connectivity index (χ4v) is 3.09. The molecule has 2 aromatic carbocycles. The van der Waals surface area contributed by atoms with Gasteiger partial charge < -0.3 is 5.11 Å². The molecule has 0 aliphatic heterocycles. The highest BCUT2D eigenvalue weighted by Gasteiger charge is 2.35. The van der Waals surface area contributed by atoms with Crippen LogP contribution in [-0.4, -0.2) is 10.7 Å². The van der Waals surface area contributed by atoms with Crippen LogP contribution >= 0.6 is 0 Å². The maximum Gasteiger partial charge on any atom is 0.0700 e. The SMILES string of the molecule is CC(C)(O)C1c2ccccc2Cc2ccccc21. The molecule has 1 aliphatic carbocycles. The highest BCUT2D eigenvalue weighted by Crippen LogP contribution is 2.42. The number of fused-ring (bicyclic) bond motifs is 2. The minimum Gasteiger partial charge on any atom is -0.389 e. The van der Waals surface area contributed by atoms with Crippen molar-refractivity contribution in [3.8, 4) is 0 Å². The van der Waals surface area contributed by atoms with Crippen LogP contribution in [0.25, 0.3) is 0 Å². The highest BCUT2D eigenvalue weighted by molar-refractivity contribution is 5.50. The Kier molecular flexibility index (Phi) is 2.53. The lowest BCUT2D eigenvalue weighted by Crippen LogP contribution is -2.33. The van der Waals surface area contributed by atoms with E-state index in [-0.39, 0.29) is 5.92 Å². The first-order chi connectivity index (χ1) is 8.57. The van der Waals surface area contributed by atoms with Crippen molar-refractivity contribution in [1.82, 2.24) is 0 Å². The smallest absolute Gasteiger partial charge is 0.0700 e. The molecular weight excluding hydrogens is 220 g/mol. The summed E-state index contributed by atoms with van der Waals surface area (Å²) >= 11 is 0. The summed E-state index contributed by atoms with van der Waals surface area (Å²) in [6.07, 6.45) is 0.971. The zero-order chi connectivity index (χ0) is 12.8. The Hall–Kier alpha value is -1.60. The van der Waals surface area contributed by atoms with E-state index in [2.05, 4.69) is 48.5 Å². The lowest BCUT2D eigenvalue weighted by molar-refractivity contribution is 0.0616. The second kappa shape index (κ2) is 3.96. The van der Waals surface area contributed by atoms with E-state index in [0.717, 1.165) is 6.42 Å². The van der Waals surface area contributed by atoms with Crippen LogP contribution in [0.1, 0.15) is 42.0 Å². The molecule has 0 radical (unpaired) electrons. The molecule has 18 heavy (non-hydrogen) atoms. The van der Waals surface area contributed by atoms with E-state index in [1.54, 1.807) is 0 Å². The van der Waals surface area contributed by atoms with Crippen molar-refractivity contribution in [3.63, 3.8) is 0 Å². The minimum atomic E-state index is -0.743. The molecule has 3 rings (SSSR count). The average molecular weight is 238 g/mol. The predicted molar refractivity (Wildman–Crippen MR) is 73.8 cm³/mol. The fraction of sp³-hybridized carbons (Fsp3) is 0.294. The van der Waals surface area contributed by atoms with Crippen molar-refractivity contribution >= 4 is 0 Å². The van der Waals surface area contributed by atoms with E-state index in [1.807, 2.05) is 13.8 Å². The number of hydrogen-bond donors (Lipinski definition) is 1. The molecule has 1 heteroatoms. The van der Waals surface area contributed by atoms with E-state index in [1.165, 1.54) is 22.3 Å². The first-order valence-corrected chi connectivity index (χ1v) is 6.45. The fourth-order valence-electron chi connectivity index (χ4n) is 3.09. The van der Waals surface area contributed by atoms with Crippen molar-refractivity contribution in [3.05, 3.63) is 70.8 Å². The Labute approximate surface area is 108 Å². The molecule has 1 N–H and O–H groups in total. The van der Waals surface area contributed by atoms with Gasteiger partial charge in [0.1, 0.15) is 0 Å². The number of rotatable bonds is 1. The molecule has 0 fully saturated rings. The third-order valence-electron chi connectivity index (χ3n) is 3.82. The van der Waals surface area contributed by atoms with E-state index < -0.39 is 5.60 Å². The summed E-state index contributed by atoms with van der Waals surface area (Å²) in [4.78, 5) is 0. The molecule has 1 nitrogen and oxygen atoms in total. The quantitative estimate of drug-likeness (QED) is 0.806. The number of hydrogen-bond acceptors (Lipinski definition) is 1. The maximum absolute atomic E-state index is 10.5. The van der Waals surface area contributed by atoms with Gasteiger partial charge in [0, 0.05) is 5.92 Å². The van der Waals surface area contributed by atoms with Crippen molar-refractivity contribution in [2.75, 3.05) is 0 Å². The standard InChI is InChI=1S/C17H18O/c1-17(2,18)16-14-9-5-3-7-12(14)11-13-8-4-6-10-15(13)16/h3-10,16,18H,11H2,1-2H3. The van der Waals surface area contributed by atoms with Gasteiger partial charge >= 0.3 is 0 Å². The third-order valence-corrected chi connectivity index (χ3v) is 3.82. The van der Waals surface area contributed by atoms with Gasteiger partial charge in [-0.2, -0.15) is 0 Å². The van der Waals surface area contributed by atoms with Crippen molar-refractivity contribution in [2.45, 2.75) is 31.8 Å². The molecule has 0 saturated carbocycles. The van der Waals surface area contributed by atoms with Crippen LogP contribution in [0.4, 0.5) is 0 Å². The Bertz CT molecular complexity index is 533. The average Bonchev–Trinajstić information content (AvgIpc) is 2.34. The van der Waals surface area contributed by atoms with Gasteiger partial charge in [-0.05, 0) is 42.5 Å². The summed E-state index contributed by atoms with van der Waals surface area (Å²) < 4.78 is 0. The lowest BCUT2D eigenvalue weighted by atomic mass is 9.71. The van der Waals surface area contributed by atoms with Crippen molar-refractivity contribution < 1.29 is 5.11 Å². The van der Waals surface area contributed by atoms with Crippen LogP contribution < -0.4 is 0 Å². The molecule has 0 bridgehead atoms. The van der Waals surface area contributed by atoms with E-state index in [9.17, 15) is 5.11 Å². The summed E-state index contributed by atoms with van der Waals surface area (Å²) in [5.74, 6) is 0.0682. The van der Waals surface area contributed by atoms with Crippen LogP contribution in [0.5, 0.6) is 0 Å². The highest BCUT2D eigenvalue weighted by atomic mass is 16.3. The van der Waals surface area contributed by atoms with Crippen LogP contribution in [0.2, 0.25) is 0 Å². The van der Waals surface area contributed by atoms with Gasteiger partial charge in [-0.1, -0.05) is 48.5 Å². The second-order valence-electron chi connectivity index (χ2n) is 5.66. The largest absolute Gasteiger partial charge is 0.389 e. The zero-order valence-electron chi connectivity index (χ0n) is 10.9. The summed E-state index contributed by atoms with van der Waals surface area (Å²) in [7, 11) is 0. The van der Waals surface area contributed by atoms with E-state index >= 15 is 0 Å². The Morgan fingerprint density at radius 3 is 1.78 bits per heavy atom. The molecule has 0 heterocycles. The van der Waals surface area contributed by atoms with Gasteiger partial charge in [0.2, 0.25) is 0 Å². The van der Waals surface area contributed by atoms with Crippen LogP contribution in [0.15, 0.2) is 48.5 Å². The molecule has 0 spiro atoms. The van der Waals surface area contributed by atoms with Gasteiger partial charge in [0.05, 0.1) is 5.60 Å². The first kappa shape index (κ1) is 11.5. The zero-order valence-corrected chi connectivity index (χ0v) is 10.9. The number of aliphatic hydroxyl groups is 1. The Morgan fingerprint density at radius 1 is 0.889 bits per heavy atom. The van der Waals surface area contributed by atoms with Crippen molar-refractivity contribution in [2.24, 2.45) is 0 Å². The molecule has 0 atom stereocenters. The summed E-state index contributed by atoms with van der Waals surface area (Å²) in [5.41, 5.74) is 4.46. The Balaban J connectivity index is 2.24. The maximum atomic E-state index is 10.5. The van der Waals surface area contributed by atoms with Gasteiger partial charge in [0.15, 0.2) is 0 Å². The first-order valence-electron chi connectivity index (χ1n) is 6.45. The van der Waals surface area contributed by atoms with Gasteiger partial charge in [-0.25, -0.2) is 0 Å². The third kappa shape index (κ3) is 1.75. The molecule has 0 amide bonds. The molecule has 2 aromatic rings. The molecule has 0 saturated heterocycles. The monoisotopic (exact) mass is 238 g/mol. The molecule has 1 aliphatic rings. The summed E-state index contributed by atoms with van der Waals surface area (Å²) in [5, 5.41) is 10.5. The Morgan fingerprint density at radius 2 is 1.33 bits per heavy atom. The number of benzene rings is 2. The topological polar surface area (TPSA) is 20.2 Å². The summed E-state index contributed by atoms with van der Waals surface area (Å²) in [6, 6.07) is 16.9. The van der Waals surface area contributed by atoms with E-state index in [0.29, 0.717) is 0 Å². The second-order valence-corrected chi connectivity index (χ2v) is 5.66. The molecule has 0 unspecified atom stereocenters. The summed E-state index contributed by atoms with van der Waals surface area (Å²) in [6.45, 7) is 3.80. The van der Waals surface area contributed by atoms with E-state index in [4.69, 9.17) is 0 Å². The normalized spacial score (nSPS) is 15.1. The van der Waals surface area contributed by atoms with Gasteiger partial charge in [-0.3, -0.25) is 0 Å². The minimum absolute atomic E-state index is 0.0682. The van der Waals surface area contributed by atoms with Gasteiger partial charge in [0.25, 0.3) is 0 Å². The van der Waals surface area contributed by atoms with Crippen LogP contribution in [0.3, 0.4) is 0 Å². The van der Waals surface area contributed by atoms with Gasteiger partial charge in [-0.15, -0.1) is 0 Å². The molecular formula is C17H18O. The molecule has 92 valence electrons.